The normalized spacial score (nSPS) is 18.4. The fourth-order valence-corrected chi connectivity index (χ4v) is 2.85. The number of carbonyl (C=O) groups is 1. The van der Waals surface area contributed by atoms with E-state index in [-0.39, 0.29) is 5.41 Å². The van der Waals surface area contributed by atoms with E-state index >= 15 is 0 Å². The Morgan fingerprint density at radius 3 is 2.44 bits per heavy atom. The molecule has 2 aromatic carbocycles. The number of rotatable bonds is 0. The van der Waals surface area contributed by atoms with E-state index in [9.17, 15) is 4.79 Å². The first-order chi connectivity index (χ1) is 8.55. The maximum absolute atomic E-state index is 12.4. The van der Waals surface area contributed by atoms with Crippen LogP contribution in [0.5, 0.6) is 0 Å². The van der Waals surface area contributed by atoms with Crippen LogP contribution in [-0.4, -0.2) is 5.78 Å². The quantitative estimate of drug-likeness (QED) is 0.622. The van der Waals surface area contributed by atoms with E-state index < -0.39 is 0 Å². The molecule has 0 fully saturated rings. The first kappa shape index (κ1) is 11.5. The van der Waals surface area contributed by atoms with Crippen molar-refractivity contribution in [2.24, 2.45) is 5.41 Å². The minimum Gasteiger partial charge on any atom is -0.294 e. The van der Waals surface area contributed by atoms with E-state index in [1.54, 1.807) is 0 Å². The molecule has 3 rings (SSSR count). The predicted octanol–water partition coefficient (Wildman–Crippen LogP) is 4.39. The van der Waals surface area contributed by atoms with Gasteiger partial charge in [0.15, 0.2) is 5.78 Å². The van der Waals surface area contributed by atoms with Crippen LogP contribution in [0.15, 0.2) is 36.4 Å². The molecule has 0 aliphatic heterocycles. The van der Waals surface area contributed by atoms with Crippen LogP contribution >= 0.6 is 0 Å². The summed E-state index contributed by atoms with van der Waals surface area (Å²) in [5.74, 6) is 0.304. The second kappa shape index (κ2) is 3.94. The van der Waals surface area contributed by atoms with Gasteiger partial charge < -0.3 is 0 Å². The molecule has 2 aromatic rings. The van der Waals surface area contributed by atoms with Crippen LogP contribution in [0.2, 0.25) is 0 Å². The molecule has 0 N–H and O–H groups in total. The summed E-state index contributed by atoms with van der Waals surface area (Å²) in [5.41, 5.74) is 2.30. The Balaban J connectivity index is 2.18. The molecule has 0 radical (unpaired) electrons. The fraction of sp³-hybridized carbons (Fsp3) is 0.353. The third-order valence-electron chi connectivity index (χ3n) is 3.98. The Kier molecular flexibility index (Phi) is 2.51. The molecule has 0 spiro atoms. The number of hydrogen-bond donors (Lipinski definition) is 0. The topological polar surface area (TPSA) is 17.1 Å². The van der Waals surface area contributed by atoms with Gasteiger partial charge in [-0.2, -0.15) is 0 Å². The summed E-state index contributed by atoms with van der Waals surface area (Å²) in [6.07, 6.45) is 2.77. The maximum Gasteiger partial charge on any atom is 0.163 e. The Labute approximate surface area is 108 Å². The highest BCUT2D eigenvalue weighted by Gasteiger charge is 2.28. The maximum atomic E-state index is 12.4. The molecule has 0 bridgehead atoms. The van der Waals surface area contributed by atoms with Gasteiger partial charge in [-0.25, -0.2) is 0 Å². The standard InChI is InChI=1S/C17H18O/c1-17(2)8-7-14-9-12-5-3-4-6-13(12)10-15(14)16(18)11-17/h3-6,9-10H,7-8,11H2,1-2H3. The van der Waals surface area contributed by atoms with Crippen LogP contribution in [0, 0.1) is 5.41 Å². The molecule has 1 aliphatic carbocycles. The minimum atomic E-state index is 0.127. The lowest BCUT2D eigenvalue weighted by molar-refractivity contribution is 0.0934. The zero-order valence-electron chi connectivity index (χ0n) is 11.0. The van der Waals surface area contributed by atoms with Crippen molar-refractivity contribution in [2.45, 2.75) is 33.1 Å². The Hall–Kier alpha value is -1.63. The summed E-state index contributed by atoms with van der Waals surface area (Å²) in [7, 11) is 0. The van der Waals surface area contributed by atoms with E-state index in [0.717, 1.165) is 18.4 Å². The molecule has 0 atom stereocenters. The predicted molar refractivity (Wildman–Crippen MR) is 75.0 cm³/mol. The number of Topliss-reactive ketones (excluding diaryl/α,β-unsaturated/α-hetero) is 1. The number of ketones is 1. The zero-order chi connectivity index (χ0) is 12.8. The average Bonchev–Trinajstić information content (AvgIpc) is 2.44. The van der Waals surface area contributed by atoms with Gasteiger partial charge in [-0.3, -0.25) is 4.79 Å². The summed E-state index contributed by atoms with van der Waals surface area (Å²) in [4.78, 5) is 12.4. The van der Waals surface area contributed by atoms with Gasteiger partial charge in [-0.1, -0.05) is 44.2 Å². The summed E-state index contributed by atoms with van der Waals surface area (Å²) >= 11 is 0. The van der Waals surface area contributed by atoms with Crippen LogP contribution < -0.4 is 0 Å². The van der Waals surface area contributed by atoms with Crippen molar-refractivity contribution >= 4 is 16.6 Å². The Morgan fingerprint density at radius 1 is 1.06 bits per heavy atom. The summed E-state index contributed by atoms with van der Waals surface area (Å²) in [5, 5.41) is 2.41. The third kappa shape index (κ3) is 1.94. The minimum absolute atomic E-state index is 0.127. The second-order valence-electron chi connectivity index (χ2n) is 6.12. The van der Waals surface area contributed by atoms with E-state index in [0.29, 0.717) is 12.2 Å². The SMILES string of the molecule is CC1(C)CCc2cc3ccccc3cc2C(=O)C1. The molecule has 1 nitrogen and oxygen atoms in total. The van der Waals surface area contributed by atoms with Gasteiger partial charge >= 0.3 is 0 Å². The van der Waals surface area contributed by atoms with Crippen LogP contribution in [0.4, 0.5) is 0 Å². The molecule has 0 aromatic heterocycles. The molecule has 18 heavy (non-hydrogen) atoms. The average molecular weight is 238 g/mol. The third-order valence-corrected chi connectivity index (χ3v) is 3.98. The molecule has 1 aliphatic rings. The van der Waals surface area contributed by atoms with E-state index in [1.807, 2.05) is 6.07 Å². The molecule has 92 valence electrons. The molecule has 1 heteroatoms. The monoisotopic (exact) mass is 238 g/mol. The van der Waals surface area contributed by atoms with Crippen LogP contribution in [0.1, 0.15) is 42.6 Å². The van der Waals surface area contributed by atoms with Crippen molar-refractivity contribution in [1.82, 2.24) is 0 Å². The number of aryl methyl sites for hydroxylation is 1. The molecule has 0 unspecified atom stereocenters. The van der Waals surface area contributed by atoms with E-state index in [4.69, 9.17) is 0 Å². The van der Waals surface area contributed by atoms with Crippen molar-refractivity contribution in [1.29, 1.82) is 0 Å². The highest BCUT2D eigenvalue weighted by atomic mass is 16.1. The Bertz CT molecular complexity index is 623. The molecule has 0 heterocycles. The molecule has 0 saturated heterocycles. The van der Waals surface area contributed by atoms with Gasteiger partial charge in [-0.05, 0) is 40.7 Å². The van der Waals surface area contributed by atoms with Gasteiger partial charge in [0, 0.05) is 12.0 Å². The highest BCUT2D eigenvalue weighted by Crippen LogP contribution is 2.35. The smallest absolute Gasteiger partial charge is 0.163 e. The van der Waals surface area contributed by atoms with Crippen molar-refractivity contribution in [3.63, 3.8) is 0 Å². The van der Waals surface area contributed by atoms with Gasteiger partial charge in [0.25, 0.3) is 0 Å². The highest BCUT2D eigenvalue weighted by molar-refractivity contribution is 6.02. The lowest BCUT2D eigenvalue weighted by Gasteiger charge is -2.20. The fourth-order valence-electron chi connectivity index (χ4n) is 2.85. The first-order valence-corrected chi connectivity index (χ1v) is 6.60. The Morgan fingerprint density at radius 2 is 1.72 bits per heavy atom. The number of fused-ring (bicyclic) bond motifs is 2. The van der Waals surface area contributed by atoms with Crippen molar-refractivity contribution in [3.05, 3.63) is 47.5 Å². The summed E-state index contributed by atoms with van der Waals surface area (Å²) in [6, 6.07) is 12.6. The lowest BCUT2D eigenvalue weighted by atomic mass is 9.84. The van der Waals surface area contributed by atoms with Crippen LogP contribution in [-0.2, 0) is 6.42 Å². The van der Waals surface area contributed by atoms with Gasteiger partial charge in [0.2, 0.25) is 0 Å². The van der Waals surface area contributed by atoms with Gasteiger partial charge in [0.05, 0.1) is 0 Å². The van der Waals surface area contributed by atoms with E-state index in [1.165, 1.54) is 16.3 Å². The first-order valence-electron chi connectivity index (χ1n) is 6.60. The van der Waals surface area contributed by atoms with Crippen LogP contribution in [0.3, 0.4) is 0 Å². The molecule has 0 amide bonds. The van der Waals surface area contributed by atoms with Crippen molar-refractivity contribution < 1.29 is 4.79 Å². The summed E-state index contributed by atoms with van der Waals surface area (Å²) < 4.78 is 0. The zero-order valence-corrected chi connectivity index (χ0v) is 11.0. The largest absolute Gasteiger partial charge is 0.294 e. The van der Waals surface area contributed by atoms with Crippen molar-refractivity contribution in [3.8, 4) is 0 Å². The number of hydrogen-bond acceptors (Lipinski definition) is 1. The molecule has 0 saturated carbocycles. The molecular weight excluding hydrogens is 220 g/mol. The lowest BCUT2D eigenvalue weighted by Crippen LogP contribution is -2.14. The second-order valence-corrected chi connectivity index (χ2v) is 6.12. The summed E-state index contributed by atoms with van der Waals surface area (Å²) in [6.45, 7) is 4.38. The number of carbonyl (C=O) groups excluding carboxylic acids is 1. The van der Waals surface area contributed by atoms with Gasteiger partial charge in [-0.15, -0.1) is 0 Å². The number of benzene rings is 2. The van der Waals surface area contributed by atoms with Crippen LogP contribution in [0.25, 0.3) is 10.8 Å². The van der Waals surface area contributed by atoms with Crippen molar-refractivity contribution in [2.75, 3.05) is 0 Å². The molecular formula is C17H18O. The van der Waals surface area contributed by atoms with E-state index in [2.05, 4.69) is 44.2 Å². The van der Waals surface area contributed by atoms with Gasteiger partial charge in [0.1, 0.15) is 0 Å².